The van der Waals surface area contributed by atoms with Crippen molar-refractivity contribution in [1.82, 2.24) is 0 Å². The summed E-state index contributed by atoms with van der Waals surface area (Å²) in [6.07, 6.45) is -3.04. The highest BCUT2D eigenvalue weighted by molar-refractivity contribution is 5.43. The number of hydrogen-bond donors (Lipinski definition) is 3. The summed E-state index contributed by atoms with van der Waals surface area (Å²) >= 11 is 0. The molecule has 4 aliphatic rings. The summed E-state index contributed by atoms with van der Waals surface area (Å²) in [6, 6.07) is 7.74. The lowest BCUT2D eigenvalue weighted by Gasteiger charge is -2.56. The lowest BCUT2D eigenvalue weighted by atomic mass is 9.50. The average molecular weight is 538 g/mol. The highest BCUT2D eigenvalue weighted by Crippen LogP contribution is 2.69. The molecule has 2 saturated carbocycles. The first-order valence-corrected chi connectivity index (χ1v) is 13.9. The number of nitrogens with two attached hydrogens (primary N) is 1. The molecule has 6 atom stereocenters. The fourth-order valence-electron chi connectivity index (χ4n) is 8.10. The van der Waals surface area contributed by atoms with Crippen molar-refractivity contribution in [3.8, 4) is 0 Å². The minimum atomic E-state index is -4.71. The molecule has 0 radical (unpaired) electrons. The fourth-order valence-corrected chi connectivity index (χ4v) is 8.10. The van der Waals surface area contributed by atoms with E-state index in [9.17, 15) is 23.4 Å². The normalized spacial score (nSPS) is 39.8. The fraction of sp³-hybridized carbons (Fsp3) is 0.733. The Balaban J connectivity index is 1.65. The van der Waals surface area contributed by atoms with Crippen LogP contribution in [0.5, 0.6) is 0 Å². The molecule has 1 heterocycles. The number of rotatable bonds is 2. The Bertz CT molecular complexity index is 1070. The topological polar surface area (TPSA) is 84.9 Å². The van der Waals surface area contributed by atoms with Gasteiger partial charge in [0.25, 0.3) is 0 Å². The van der Waals surface area contributed by atoms with Crippen molar-refractivity contribution in [3.63, 3.8) is 0 Å². The van der Waals surface area contributed by atoms with Gasteiger partial charge in [-0.3, -0.25) is 0 Å². The van der Waals surface area contributed by atoms with Crippen LogP contribution in [0, 0.1) is 22.7 Å². The molecule has 4 unspecified atom stereocenters. The molecule has 0 spiro atoms. The van der Waals surface area contributed by atoms with Crippen LogP contribution in [0.15, 0.2) is 35.4 Å². The molecule has 1 saturated heterocycles. The zero-order valence-electron chi connectivity index (χ0n) is 22.7. The number of ether oxygens (including phenoxy) is 2. The minimum absolute atomic E-state index is 0.154. The van der Waals surface area contributed by atoms with Crippen molar-refractivity contribution in [2.45, 2.75) is 89.1 Å². The maximum atomic E-state index is 14.4. The summed E-state index contributed by atoms with van der Waals surface area (Å²) in [5.41, 5.74) is 4.13. The summed E-state index contributed by atoms with van der Waals surface area (Å²) in [4.78, 5) is 0. The summed E-state index contributed by atoms with van der Waals surface area (Å²) in [6.45, 7) is 7.73. The van der Waals surface area contributed by atoms with E-state index >= 15 is 0 Å². The van der Waals surface area contributed by atoms with E-state index in [0.29, 0.717) is 52.0 Å². The van der Waals surface area contributed by atoms with Crippen LogP contribution < -0.4 is 5.73 Å². The minimum Gasteiger partial charge on any atom is -0.383 e. The largest absolute Gasteiger partial charge is 0.417 e. The van der Waals surface area contributed by atoms with Gasteiger partial charge in [0.05, 0.1) is 26.4 Å². The molecule has 38 heavy (non-hydrogen) atoms. The number of hydrogen-bond acceptors (Lipinski definition) is 5. The summed E-state index contributed by atoms with van der Waals surface area (Å²) < 4.78 is 55.4. The standard InChI is InChI=1S/C30H42F3NO4/c1-26(2)16-37-13-10-24-25-21(8-11-28(24,35)18-38-17-26)23-9-12-29(36,30(31,32)33)27(23,3)14-22(25)20-6-4-19(15-34)5-7-20/h4-7,21-23,35-36H,8-18,34H2,1-3H3/t21?,22?,23?,27?,28-,29+/m1/s1. The Morgan fingerprint density at radius 1 is 0.974 bits per heavy atom. The quantitative estimate of drug-likeness (QED) is 0.449. The van der Waals surface area contributed by atoms with Crippen molar-refractivity contribution in [2.24, 2.45) is 28.4 Å². The first-order valence-electron chi connectivity index (χ1n) is 13.9. The molecular weight excluding hydrogens is 495 g/mol. The van der Waals surface area contributed by atoms with Crippen molar-refractivity contribution < 1.29 is 32.9 Å². The number of benzene rings is 1. The molecule has 1 aromatic carbocycles. The van der Waals surface area contributed by atoms with Gasteiger partial charge in [-0.15, -0.1) is 0 Å². The van der Waals surface area contributed by atoms with Gasteiger partial charge in [-0.2, -0.15) is 13.2 Å². The van der Waals surface area contributed by atoms with Gasteiger partial charge in [-0.25, -0.2) is 0 Å². The third kappa shape index (κ3) is 4.44. The van der Waals surface area contributed by atoms with Crippen LogP contribution in [0.2, 0.25) is 0 Å². The molecule has 0 bridgehead atoms. The van der Waals surface area contributed by atoms with Gasteiger partial charge in [0.15, 0.2) is 5.60 Å². The number of halogens is 3. The predicted molar refractivity (Wildman–Crippen MR) is 138 cm³/mol. The molecule has 1 aliphatic heterocycles. The van der Waals surface area contributed by atoms with Gasteiger partial charge in [-0.1, -0.05) is 50.6 Å². The van der Waals surface area contributed by atoms with E-state index in [1.165, 1.54) is 0 Å². The lowest BCUT2D eigenvalue weighted by molar-refractivity contribution is -0.299. The number of fused-ring (bicyclic) bond motifs is 4. The zero-order chi connectivity index (χ0) is 27.6. The Kier molecular flexibility index (Phi) is 7.08. The maximum absolute atomic E-state index is 14.4. The first-order chi connectivity index (χ1) is 17.7. The zero-order valence-corrected chi connectivity index (χ0v) is 22.7. The van der Waals surface area contributed by atoms with Gasteiger partial charge in [-0.05, 0) is 67.1 Å². The average Bonchev–Trinajstić information content (AvgIpc) is 3.13. The number of alkyl halides is 3. The van der Waals surface area contributed by atoms with Crippen LogP contribution in [-0.4, -0.2) is 54.0 Å². The van der Waals surface area contributed by atoms with E-state index < -0.39 is 22.8 Å². The summed E-state index contributed by atoms with van der Waals surface area (Å²) in [7, 11) is 0. The van der Waals surface area contributed by atoms with Crippen LogP contribution in [0.25, 0.3) is 0 Å². The first kappa shape index (κ1) is 28.1. The van der Waals surface area contributed by atoms with Gasteiger partial charge in [0.1, 0.15) is 5.60 Å². The van der Waals surface area contributed by atoms with Crippen molar-refractivity contribution in [1.29, 1.82) is 0 Å². The van der Waals surface area contributed by atoms with Crippen molar-refractivity contribution >= 4 is 0 Å². The predicted octanol–water partition coefficient (Wildman–Crippen LogP) is 5.24. The Morgan fingerprint density at radius 2 is 1.66 bits per heavy atom. The van der Waals surface area contributed by atoms with E-state index in [0.717, 1.165) is 22.3 Å². The van der Waals surface area contributed by atoms with E-state index in [-0.39, 0.29) is 42.6 Å². The molecule has 0 aromatic heterocycles. The van der Waals surface area contributed by atoms with Crippen LogP contribution >= 0.6 is 0 Å². The Labute approximate surface area is 223 Å². The molecule has 8 heteroatoms. The molecule has 4 N–H and O–H groups in total. The molecule has 0 amide bonds. The Morgan fingerprint density at radius 3 is 2.32 bits per heavy atom. The molecule has 5 rings (SSSR count). The van der Waals surface area contributed by atoms with E-state index in [4.69, 9.17) is 15.2 Å². The van der Waals surface area contributed by atoms with Gasteiger partial charge in [0.2, 0.25) is 0 Å². The summed E-state index contributed by atoms with van der Waals surface area (Å²) in [5.74, 6) is -0.836. The van der Waals surface area contributed by atoms with E-state index in [1.807, 2.05) is 24.3 Å². The van der Waals surface area contributed by atoms with Crippen LogP contribution in [0.3, 0.4) is 0 Å². The highest BCUT2D eigenvalue weighted by Gasteiger charge is 2.72. The third-order valence-electron chi connectivity index (χ3n) is 10.2. The Hall–Kier alpha value is -1.45. The van der Waals surface area contributed by atoms with E-state index in [2.05, 4.69) is 13.8 Å². The second kappa shape index (κ2) is 9.58. The number of allylic oxidation sites excluding steroid dienone is 1. The summed E-state index contributed by atoms with van der Waals surface area (Å²) in [5, 5.41) is 23.3. The van der Waals surface area contributed by atoms with Crippen molar-refractivity contribution in [2.75, 3.05) is 26.4 Å². The smallest absolute Gasteiger partial charge is 0.383 e. The van der Waals surface area contributed by atoms with Gasteiger partial charge in [0, 0.05) is 23.3 Å². The third-order valence-corrected chi connectivity index (χ3v) is 10.2. The lowest BCUT2D eigenvalue weighted by Crippen LogP contribution is -2.59. The maximum Gasteiger partial charge on any atom is 0.417 e. The van der Waals surface area contributed by atoms with Crippen molar-refractivity contribution in [3.05, 3.63) is 46.5 Å². The molecule has 3 aliphatic carbocycles. The second-order valence-corrected chi connectivity index (χ2v) is 13.2. The molecule has 212 valence electrons. The molecular formula is C30H42F3NO4. The van der Waals surface area contributed by atoms with Gasteiger partial charge < -0.3 is 25.4 Å². The number of aliphatic hydroxyl groups is 2. The second-order valence-electron chi connectivity index (χ2n) is 13.2. The van der Waals surface area contributed by atoms with Crippen LogP contribution in [0.4, 0.5) is 13.2 Å². The highest BCUT2D eigenvalue weighted by atomic mass is 19.4. The molecule has 5 nitrogen and oxygen atoms in total. The van der Waals surface area contributed by atoms with Crippen LogP contribution in [-0.2, 0) is 16.0 Å². The molecule has 3 fully saturated rings. The monoisotopic (exact) mass is 537 g/mol. The van der Waals surface area contributed by atoms with Gasteiger partial charge >= 0.3 is 6.18 Å². The molecule has 1 aromatic rings. The van der Waals surface area contributed by atoms with Crippen LogP contribution in [0.1, 0.15) is 76.3 Å². The SMILES string of the molecule is CC1(C)COCCC2=C3C(c4ccc(CN)cc4)CC4(C)C(CC[C@@]4(O)C(F)(F)F)C3CC[C@@]2(O)COC1. The van der Waals surface area contributed by atoms with E-state index in [1.54, 1.807) is 6.92 Å².